The van der Waals surface area contributed by atoms with Gasteiger partial charge in [-0.1, -0.05) is 20.8 Å². The molecule has 0 aromatic carbocycles. The average Bonchev–Trinajstić information content (AvgIpc) is 2.16. The summed E-state index contributed by atoms with van der Waals surface area (Å²) >= 11 is 0. The number of hydrogen-bond acceptors (Lipinski definition) is 2. The van der Waals surface area contributed by atoms with Gasteiger partial charge in [-0.25, -0.2) is 4.79 Å². The van der Waals surface area contributed by atoms with E-state index in [2.05, 4.69) is 16.9 Å². The first-order valence-corrected chi connectivity index (χ1v) is 4.83. The van der Waals surface area contributed by atoms with Crippen molar-refractivity contribution >= 4 is 0 Å². The van der Waals surface area contributed by atoms with Crippen LogP contribution in [0.15, 0.2) is 4.79 Å². The molecule has 3 heteroatoms. The molecule has 0 amide bonds. The summed E-state index contributed by atoms with van der Waals surface area (Å²) in [6, 6.07) is 0. The minimum Gasteiger partial charge on any atom is -0.310 e. The van der Waals surface area contributed by atoms with E-state index in [1.54, 1.807) is 0 Å². The molecule has 0 saturated heterocycles. The molecule has 0 unspecified atom stereocenters. The second-order valence-electron chi connectivity index (χ2n) is 3.01. The number of nitrogens with zero attached hydrogens (tertiary/aromatic N) is 1. The van der Waals surface area contributed by atoms with Crippen molar-refractivity contribution < 1.29 is 0 Å². The Bertz CT molecular complexity index is 313. The van der Waals surface area contributed by atoms with Crippen molar-refractivity contribution in [1.82, 2.24) is 9.97 Å². The molecule has 0 fully saturated rings. The van der Waals surface area contributed by atoms with Gasteiger partial charge in [0.25, 0.3) is 0 Å². The lowest BCUT2D eigenvalue weighted by atomic mass is 10.1. The third-order valence-corrected chi connectivity index (χ3v) is 2.25. The molecular formula is C10H16N2O. The van der Waals surface area contributed by atoms with Crippen LogP contribution in [0, 0.1) is 0 Å². The SMILES string of the molecule is CCc1nc(=O)[nH]c(CC)c1CC. The van der Waals surface area contributed by atoms with Crippen LogP contribution < -0.4 is 5.69 Å². The zero-order chi connectivity index (χ0) is 9.84. The van der Waals surface area contributed by atoms with Gasteiger partial charge < -0.3 is 4.98 Å². The quantitative estimate of drug-likeness (QED) is 0.765. The molecule has 1 aromatic heterocycles. The molecule has 0 radical (unpaired) electrons. The topological polar surface area (TPSA) is 45.8 Å². The Morgan fingerprint density at radius 1 is 1.15 bits per heavy atom. The van der Waals surface area contributed by atoms with Crippen LogP contribution in [0.5, 0.6) is 0 Å². The summed E-state index contributed by atoms with van der Waals surface area (Å²) in [6.07, 6.45) is 2.64. The van der Waals surface area contributed by atoms with Crippen LogP contribution in [-0.2, 0) is 19.3 Å². The Labute approximate surface area is 78.2 Å². The third kappa shape index (κ3) is 1.97. The highest BCUT2D eigenvalue weighted by Gasteiger charge is 2.06. The molecule has 0 spiro atoms. The second kappa shape index (κ2) is 4.21. The van der Waals surface area contributed by atoms with Crippen LogP contribution in [0.4, 0.5) is 0 Å². The molecule has 3 nitrogen and oxygen atoms in total. The van der Waals surface area contributed by atoms with Gasteiger partial charge in [-0.2, -0.15) is 4.98 Å². The minimum absolute atomic E-state index is 0.217. The number of rotatable bonds is 3. The summed E-state index contributed by atoms with van der Waals surface area (Å²) in [4.78, 5) is 17.9. The van der Waals surface area contributed by atoms with Gasteiger partial charge in [0.2, 0.25) is 0 Å². The van der Waals surface area contributed by atoms with Crippen molar-refractivity contribution in [3.63, 3.8) is 0 Å². The van der Waals surface area contributed by atoms with Crippen molar-refractivity contribution in [3.8, 4) is 0 Å². The molecule has 72 valence electrons. The summed E-state index contributed by atoms with van der Waals surface area (Å²) in [5.74, 6) is 0. The van der Waals surface area contributed by atoms with Crippen molar-refractivity contribution in [3.05, 3.63) is 27.4 Å². The summed E-state index contributed by atoms with van der Waals surface area (Å²) in [7, 11) is 0. The van der Waals surface area contributed by atoms with Crippen LogP contribution >= 0.6 is 0 Å². The van der Waals surface area contributed by atoms with Gasteiger partial charge in [-0.15, -0.1) is 0 Å². The predicted molar refractivity (Wildman–Crippen MR) is 53.0 cm³/mol. The van der Waals surface area contributed by atoms with Gasteiger partial charge in [-0.05, 0) is 24.8 Å². The van der Waals surface area contributed by atoms with Crippen LogP contribution in [-0.4, -0.2) is 9.97 Å². The summed E-state index contributed by atoms with van der Waals surface area (Å²) in [6.45, 7) is 6.16. The maximum absolute atomic E-state index is 11.1. The average molecular weight is 180 g/mol. The molecule has 0 aliphatic rings. The highest BCUT2D eigenvalue weighted by atomic mass is 16.1. The number of H-pyrrole nitrogens is 1. The van der Waals surface area contributed by atoms with Gasteiger partial charge in [0.05, 0.1) is 5.69 Å². The fraction of sp³-hybridized carbons (Fsp3) is 0.600. The Kier molecular flexibility index (Phi) is 3.23. The second-order valence-corrected chi connectivity index (χ2v) is 3.01. The first kappa shape index (κ1) is 9.96. The Balaban J connectivity index is 3.33. The fourth-order valence-electron chi connectivity index (χ4n) is 1.61. The molecule has 1 N–H and O–H groups in total. The van der Waals surface area contributed by atoms with E-state index in [-0.39, 0.29) is 5.69 Å². The van der Waals surface area contributed by atoms with Crippen LogP contribution in [0.1, 0.15) is 37.7 Å². The molecule has 0 atom stereocenters. The van der Waals surface area contributed by atoms with E-state index in [0.717, 1.165) is 30.7 Å². The molecule has 1 aromatic rings. The minimum atomic E-state index is -0.217. The molecule has 0 bridgehead atoms. The highest BCUT2D eigenvalue weighted by Crippen LogP contribution is 2.10. The molecular weight excluding hydrogens is 164 g/mol. The smallest absolute Gasteiger partial charge is 0.310 e. The third-order valence-electron chi connectivity index (χ3n) is 2.25. The summed E-state index contributed by atoms with van der Waals surface area (Å²) in [5, 5.41) is 0. The van der Waals surface area contributed by atoms with E-state index in [4.69, 9.17) is 0 Å². The lowest BCUT2D eigenvalue weighted by molar-refractivity contribution is 0.843. The normalized spacial score (nSPS) is 10.4. The van der Waals surface area contributed by atoms with Gasteiger partial charge in [0.15, 0.2) is 0 Å². The Morgan fingerprint density at radius 3 is 2.31 bits per heavy atom. The number of aryl methyl sites for hydroxylation is 2. The molecule has 0 aliphatic carbocycles. The first-order valence-electron chi connectivity index (χ1n) is 4.83. The lowest BCUT2D eigenvalue weighted by Gasteiger charge is -2.08. The van der Waals surface area contributed by atoms with E-state index < -0.39 is 0 Å². The fourth-order valence-corrected chi connectivity index (χ4v) is 1.61. The monoisotopic (exact) mass is 180 g/mol. The number of aromatic nitrogens is 2. The van der Waals surface area contributed by atoms with Crippen molar-refractivity contribution in [2.45, 2.75) is 40.0 Å². The van der Waals surface area contributed by atoms with Crippen molar-refractivity contribution in [1.29, 1.82) is 0 Å². The van der Waals surface area contributed by atoms with E-state index in [9.17, 15) is 4.79 Å². The van der Waals surface area contributed by atoms with E-state index in [1.165, 1.54) is 5.56 Å². The van der Waals surface area contributed by atoms with Gasteiger partial charge in [0.1, 0.15) is 0 Å². The number of aromatic amines is 1. The van der Waals surface area contributed by atoms with E-state index >= 15 is 0 Å². The van der Waals surface area contributed by atoms with Crippen molar-refractivity contribution in [2.75, 3.05) is 0 Å². The van der Waals surface area contributed by atoms with Gasteiger partial charge in [-0.3, -0.25) is 0 Å². The standard InChI is InChI=1S/C10H16N2O/c1-4-7-8(5-2)11-10(13)12-9(7)6-3/h4-6H2,1-3H3,(H,11,12,13). The number of hydrogen-bond donors (Lipinski definition) is 1. The summed E-state index contributed by atoms with van der Waals surface area (Å²) in [5.41, 5.74) is 2.98. The predicted octanol–water partition coefficient (Wildman–Crippen LogP) is 1.46. The maximum atomic E-state index is 11.1. The number of nitrogens with one attached hydrogen (secondary N) is 1. The Morgan fingerprint density at radius 2 is 1.85 bits per heavy atom. The molecule has 0 saturated carbocycles. The lowest BCUT2D eigenvalue weighted by Crippen LogP contribution is -2.18. The zero-order valence-electron chi connectivity index (χ0n) is 8.48. The first-order chi connectivity index (χ1) is 6.22. The van der Waals surface area contributed by atoms with Crippen LogP contribution in [0.3, 0.4) is 0 Å². The van der Waals surface area contributed by atoms with E-state index in [0.29, 0.717) is 0 Å². The zero-order valence-corrected chi connectivity index (χ0v) is 8.48. The molecule has 0 aliphatic heterocycles. The van der Waals surface area contributed by atoms with Gasteiger partial charge in [0, 0.05) is 5.69 Å². The summed E-state index contributed by atoms with van der Waals surface area (Å²) < 4.78 is 0. The van der Waals surface area contributed by atoms with Gasteiger partial charge >= 0.3 is 5.69 Å². The highest BCUT2D eigenvalue weighted by molar-refractivity contribution is 5.24. The van der Waals surface area contributed by atoms with E-state index in [1.807, 2.05) is 13.8 Å². The Hall–Kier alpha value is -1.12. The van der Waals surface area contributed by atoms with Crippen LogP contribution in [0.25, 0.3) is 0 Å². The maximum Gasteiger partial charge on any atom is 0.345 e. The molecule has 1 heterocycles. The van der Waals surface area contributed by atoms with Crippen LogP contribution in [0.2, 0.25) is 0 Å². The largest absolute Gasteiger partial charge is 0.345 e. The molecule has 1 rings (SSSR count). The molecule has 13 heavy (non-hydrogen) atoms. The van der Waals surface area contributed by atoms with Crippen molar-refractivity contribution in [2.24, 2.45) is 0 Å².